The maximum Gasteiger partial charge on any atom is 0.246 e. The molecule has 4 rings (SSSR count). The molecule has 2 aromatic rings. The van der Waals surface area contributed by atoms with E-state index in [0.29, 0.717) is 11.1 Å². The summed E-state index contributed by atoms with van der Waals surface area (Å²) < 4.78 is 27.0. The minimum absolute atomic E-state index is 0.116. The van der Waals surface area contributed by atoms with Crippen molar-refractivity contribution in [3.05, 3.63) is 71.3 Å². The summed E-state index contributed by atoms with van der Waals surface area (Å²) in [4.78, 5) is 26.5. The van der Waals surface area contributed by atoms with Gasteiger partial charge in [-0.05, 0) is 59.8 Å². The summed E-state index contributed by atoms with van der Waals surface area (Å²) in [5, 5.41) is 11.0. The van der Waals surface area contributed by atoms with Crippen LogP contribution < -0.4 is 21.3 Å². The van der Waals surface area contributed by atoms with Gasteiger partial charge in [0.25, 0.3) is 0 Å². The van der Waals surface area contributed by atoms with Gasteiger partial charge in [0.05, 0.1) is 12.1 Å². The van der Waals surface area contributed by atoms with Crippen LogP contribution in [0, 0.1) is 17.0 Å². The molecule has 2 aromatic carbocycles. The highest BCUT2D eigenvalue weighted by atomic mass is 32.1. The van der Waals surface area contributed by atoms with Gasteiger partial charge in [0.1, 0.15) is 11.6 Å². The molecule has 6 nitrogen and oxygen atoms in total. The number of carbonyl (C=O) groups is 2. The van der Waals surface area contributed by atoms with Crippen molar-refractivity contribution in [2.24, 2.45) is 5.41 Å². The Morgan fingerprint density at radius 3 is 1.45 bits per heavy atom. The molecule has 0 unspecified atom stereocenters. The van der Waals surface area contributed by atoms with E-state index in [4.69, 9.17) is 24.4 Å². The van der Waals surface area contributed by atoms with Gasteiger partial charge >= 0.3 is 0 Å². The lowest BCUT2D eigenvalue weighted by molar-refractivity contribution is -0.149. The minimum atomic E-state index is -1.78. The largest absolute Gasteiger partial charge is 0.354 e. The zero-order valence-corrected chi connectivity index (χ0v) is 16.3. The van der Waals surface area contributed by atoms with E-state index in [2.05, 4.69) is 21.3 Å². The average Bonchev–Trinajstić information content (AvgIpc) is 2.67. The lowest BCUT2D eigenvalue weighted by atomic mass is 9.66. The average molecular weight is 432 g/mol. The number of hydrogen-bond acceptors (Lipinski definition) is 4. The molecule has 1 spiro atoms. The summed E-state index contributed by atoms with van der Waals surface area (Å²) in [7, 11) is 0. The third-order valence-electron chi connectivity index (χ3n) is 5.07. The Hall–Kier alpha value is -2.98. The molecule has 2 heterocycles. The van der Waals surface area contributed by atoms with Crippen molar-refractivity contribution in [2.45, 2.75) is 12.1 Å². The smallest absolute Gasteiger partial charge is 0.246 e. The van der Waals surface area contributed by atoms with E-state index in [1.54, 1.807) is 0 Å². The second kappa shape index (κ2) is 7.12. The van der Waals surface area contributed by atoms with Crippen LogP contribution in [0.15, 0.2) is 48.5 Å². The fourth-order valence-electron chi connectivity index (χ4n) is 3.77. The number of hydrogen-bond donors (Lipinski definition) is 4. The topological polar surface area (TPSA) is 82.3 Å². The first-order valence-electron chi connectivity index (χ1n) is 8.57. The van der Waals surface area contributed by atoms with Crippen molar-refractivity contribution in [3.8, 4) is 0 Å². The van der Waals surface area contributed by atoms with E-state index >= 15 is 0 Å². The second-order valence-corrected chi connectivity index (χ2v) is 7.51. The first-order chi connectivity index (χ1) is 13.8. The number of thiocarbonyl (C=S) groups is 2. The Balaban J connectivity index is 1.93. The van der Waals surface area contributed by atoms with Gasteiger partial charge in [0, 0.05) is 0 Å². The summed E-state index contributed by atoms with van der Waals surface area (Å²) >= 11 is 10.3. The van der Waals surface area contributed by atoms with Crippen LogP contribution in [0.5, 0.6) is 0 Å². The fraction of sp³-hybridized carbons (Fsp3) is 0.158. The Morgan fingerprint density at radius 2 is 1.07 bits per heavy atom. The lowest BCUT2D eigenvalue weighted by Crippen LogP contribution is -2.73. The normalized spacial score (nSPS) is 23.1. The minimum Gasteiger partial charge on any atom is -0.354 e. The van der Waals surface area contributed by atoms with Crippen molar-refractivity contribution >= 4 is 46.5 Å². The Bertz CT molecular complexity index is 948. The van der Waals surface area contributed by atoms with Crippen molar-refractivity contribution in [1.82, 2.24) is 21.3 Å². The van der Waals surface area contributed by atoms with Gasteiger partial charge in [-0.3, -0.25) is 9.59 Å². The quantitative estimate of drug-likeness (QED) is 0.428. The molecule has 2 fully saturated rings. The van der Waals surface area contributed by atoms with Crippen LogP contribution in [-0.4, -0.2) is 22.0 Å². The molecule has 0 aliphatic carbocycles. The maximum absolute atomic E-state index is 13.5. The predicted molar refractivity (Wildman–Crippen MR) is 108 cm³/mol. The highest BCUT2D eigenvalue weighted by molar-refractivity contribution is 7.80. The van der Waals surface area contributed by atoms with Crippen LogP contribution in [0.4, 0.5) is 8.78 Å². The van der Waals surface area contributed by atoms with Gasteiger partial charge in [-0.2, -0.15) is 0 Å². The molecular weight excluding hydrogens is 418 g/mol. The van der Waals surface area contributed by atoms with Gasteiger partial charge < -0.3 is 21.3 Å². The Labute approximate surface area is 175 Å². The molecule has 0 aromatic heterocycles. The molecule has 0 radical (unpaired) electrons. The van der Waals surface area contributed by atoms with E-state index in [0.717, 1.165) is 0 Å². The third-order valence-corrected chi connectivity index (χ3v) is 5.51. The number of benzene rings is 2. The SMILES string of the molecule is O=C1NC(=S)NC(=O)C12[C@@H](c1ccc(F)cc1)NC(=S)N[C@H]2c1ccc(F)cc1. The Kier molecular flexibility index (Phi) is 4.75. The van der Waals surface area contributed by atoms with Crippen molar-refractivity contribution in [1.29, 1.82) is 0 Å². The van der Waals surface area contributed by atoms with Gasteiger partial charge in [-0.15, -0.1) is 0 Å². The zero-order chi connectivity index (χ0) is 20.8. The van der Waals surface area contributed by atoms with E-state index < -0.39 is 40.9 Å². The molecule has 148 valence electrons. The number of rotatable bonds is 2. The van der Waals surface area contributed by atoms with Gasteiger partial charge in [-0.1, -0.05) is 24.3 Å². The van der Waals surface area contributed by atoms with E-state index in [1.165, 1.54) is 48.5 Å². The van der Waals surface area contributed by atoms with E-state index in [-0.39, 0.29) is 10.2 Å². The molecule has 2 saturated heterocycles. The van der Waals surface area contributed by atoms with Crippen molar-refractivity contribution in [3.63, 3.8) is 0 Å². The standard InChI is InChI=1S/C19H14F2N4O2S2/c20-11-5-1-9(2-6-11)13-19(15(26)24-18(29)25-16(19)27)14(23-17(28)22-13)10-3-7-12(21)8-4-10/h1-8,13-14H,(H2,22,23,28)(H2,24,25,26,27,29)/t13-,14+. The monoisotopic (exact) mass is 432 g/mol. The van der Waals surface area contributed by atoms with Gasteiger partial charge in [0.15, 0.2) is 15.6 Å². The fourth-order valence-corrected chi connectivity index (χ4v) is 4.19. The molecule has 2 amide bonds. The number of nitrogens with one attached hydrogen (secondary N) is 4. The van der Waals surface area contributed by atoms with Crippen LogP contribution in [-0.2, 0) is 9.59 Å². The second-order valence-electron chi connectivity index (χ2n) is 6.69. The summed E-state index contributed by atoms with van der Waals surface area (Å²) in [6, 6.07) is 8.92. The van der Waals surface area contributed by atoms with Crippen LogP contribution in [0.3, 0.4) is 0 Å². The van der Waals surface area contributed by atoms with Crippen LogP contribution in [0.25, 0.3) is 0 Å². The molecule has 0 saturated carbocycles. The molecule has 2 atom stereocenters. The first kappa shape index (κ1) is 19.3. The summed E-state index contributed by atoms with van der Waals surface area (Å²) in [5.41, 5.74) is -0.832. The van der Waals surface area contributed by atoms with Crippen molar-refractivity contribution < 1.29 is 18.4 Å². The number of halogens is 2. The predicted octanol–water partition coefficient (Wildman–Crippen LogP) is 1.74. The van der Waals surface area contributed by atoms with Gasteiger partial charge in [0.2, 0.25) is 11.8 Å². The van der Waals surface area contributed by atoms with Crippen LogP contribution >= 0.6 is 24.4 Å². The Morgan fingerprint density at radius 1 is 0.690 bits per heavy atom. The summed E-state index contributed by atoms with van der Waals surface area (Å²) in [6.07, 6.45) is 0. The van der Waals surface area contributed by atoms with E-state index in [9.17, 15) is 18.4 Å². The highest BCUT2D eigenvalue weighted by Crippen LogP contribution is 2.48. The van der Waals surface area contributed by atoms with Gasteiger partial charge in [-0.25, -0.2) is 8.78 Å². The molecule has 4 N–H and O–H groups in total. The maximum atomic E-state index is 13.5. The number of amides is 2. The summed E-state index contributed by atoms with van der Waals surface area (Å²) in [6.45, 7) is 0. The zero-order valence-electron chi connectivity index (χ0n) is 14.7. The van der Waals surface area contributed by atoms with Crippen LogP contribution in [0.1, 0.15) is 23.2 Å². The third kappa shape index (κ3) is 3.14. The molecule has 29 heavy (non-hydrogen) atoms. The summed E-state index contributed by atoms with van der Waals surface area (Å²) in [5.74, 6) is -2.24. The molecule has 0 bridgehead atoms. The molecule has 2 aliphatic rings. The first-order valence-corrected chi connectivity index (χ1v) is 9.39. The highest BCUT2D eigenvalue weighted by Gasteiger charge is 2.63. The van der Waals surface area contributed by atoms with Crippen molar-refractivity contribution in [2.75, 3.05) is 0 Å². The van der Waals surface area contributed by atoms with Crippen LogP contribution in [0.2, 0.25) is 0 Å². The number of carbonyl (C=O) groups excluding carboxylic acids is 2. The molecule has 2 aliphatic heterocycles. The molecular formula is C19H14F2N4O2S2. The van der Waals surface area contributed by atoms with E-state index in [1.807, 2.05) is 0 Å². The molecule has 10 heteroatoms. The lowest BCUT2D eigenvalue weighted by Gasteiger charge is -2.50.